The van der Waals surface area contributed by atoms with Gasteiger partial charge in [0.1, 0.15) is 0 Å². The minimum atomic E-state index is -0.470. The first kappa shape index (κ1) is 16.3. The number of hydrogen-bond acceptors (Lipinski definition) is 4. The largest absolute Gasteiger partial charge is 0.452 e. The van der Waals surface area contributed by atoms with Crippen molar-refractivity contribution in [1.82, 2.24) is 5.32 Å². The van der Waals surface area contributed by atoms with Crippen molar-refractivity contribution in [3.05, 3.63) is 29.8 Å². The fourth-order valence-corrected chi connectivity index (χ4v) is 2.64. The monoisotopic (exact) mass is 304 g/mol. The number of nitrogens with one attached hydrogen (secondary N) is 1. The second kappa shape index (κ2) is 7.82. The number of anilines is 1. The third-order valence-corrected chi connectivity index (χ3v) is 3.90. The number of ether oxygens (including phenoxy) is 1. The highest BCUT2D eigenvalue weighted by atomic mass is 16.5. The predicted molar refractivity (Wildman–Crippen MR) is 86.1 cm³/mol. The first-order valence-corrected chi connectivity index (χ1v) is 7.80. The number of nitrogens with zero attached hydrogens (tertiary/aromatic N) is 1. The molecule has 0 radical (unpaired) electrons. The van der Waals surface area contributed by atoms with Crippen LogP contribution in [0.25, 0.3) is 0 Å². The molecule has 22 heavy (non-hydrogen) atoms. The number of rotatable bonds is 5. The highest BCUT2D eigenvalue weighted by Crippen LogP contribution is 2.17. The molecule has 5 heteroatoms. The Balaban J connectivity index is 1.81. The molecule has 1 aliphatic carbocycles. The van der Waals surface area contributed by atoms with Gasteiger partial charge in [-0.25, -0.2) is 4.79 Å². The Morgan fingerprint density at radius 2 is 1.95 bits per heavy atom. The first-order valence-electron chi connectivity index (χ1n) is 7.80. The molecule has 0 saturated heterocycles. The second-order valence-corrected chi connectivity index (χ2v) is 5.92. The van der Waals surface area contributed by atoms with Crippen LogP contribution < -0.4 is 10.2 Å². The minimum Gasteiger partial charge on any atom is -0.452 e. The van der Waals surface area contributed by atoms with Gasteiger partial charge in [0.05, 0.1) is 5.56 Å². The molecule has 0 aromatic heterocycles. The summed E-state index contributed by atoms with van der Waals surface area (Å²) < 4.78 is 5.10. The van der Waals surface area contributed by atoms with E-state index in [0.29, 0.717) is 5.56 Å². The zero-order valence-electron chi connectivity index (χ0n) is 13.3. The van der Waals surface area contributed by atoms with E-state index in [9.17, 15) is 9.59 Å². The lowest BCUT2D eigenvalue weighted by atomic mass is 9.95. The van der Waals surface area contributed by atoms with Gasteiger partial charge >= 0.3 is 5.97 Å². The van der Waals surface area contributed by atoms with Crippen LogP contribution in [0.4, 0.5) is 5.69 Å². The van der Waals surface area contributed by atoms with E-state index in [1.165, 1.54) is 6.42 Å². The van der Waals surface area contributed by atoms with E-state index >= 15 is 0 Å². The molecule has 0 unspecified atom stereocenters. The van der Waals surface area contributed by atoms with Crippen LogP contribution in [0.5, 0.6) is 0 Å². The maximum atomic E-state index is 12.0. The molecule has 2 rings (SSSR count). The number of esters is 1. The van der Waals surface area contributed by atoms with Crippen LogP contribution >= 0.6 is 0 Å². The van der Waals surface area contributed by atoms with Gasteiger partial charge < -0.3 is 15.0 Å². The molecule has 1 saturated carbocycles. The standard InChI is InChI=1S/C17H24N2O3/c1-19(2)15-10-6-7-13(11-15)17(21)22-12-16(20)18-14-8-4-3-5-9-14/h6-7,10-11,14H,3-5,8-9,12H2,1-2H3,(H,18,20). The highest BCUT2D eigenvalue weighted by Gasteiger charge is 2.17. The Morgan fingerprint density at radius 3 is 2.64 bits per heavy atom. The van der Waals surface area contributed by atoms with Crippen LogP contribution in [0, 0.1) is 0 Å². The minimum absolute atomic E-state index is 0.219. The number of carbonyl (C=O) groups excluding carboxylic acids is 2. The van der Waals surface area contributed by atoms with Crippen LogP contribution in [0.2, 0.25) is 0 Å². The quantitative estimate of drug-likeness (QED) is 0.848. The summed E-state index contributed by atoms with van der Waals surface area (Å²) in [6, 6.07) is 7.38. The van der Waals surface area contributed by atoms with Crippen molar-refractivity contribution in [1.29, 1.82) is 0 Å². The van der Waals surface area contributed by atoms with Gasteiger partial charge in [0, 0.05) is 25.8 Å². The molecule has 1 aliphatic rings. The van der Waals surface area contributed by atoms with E-state index in [1.54, 1.807) is 18.2 Å². The first-order chi connectivity index (χ1) is 10.6. The van der Waals surface area contributed by atoms with Crippen molar-refractivity contribution in [2.24, 2.45) is 0 Å². The molecular formula is C17H24N2O3. The molecule has 0 bridgehead atoms. The molecule has 0 spiro atoms. The third kappa shape index (κ3) is 4.76. The van der Waals surface area contributed by atoms with E-state index in [-0.39, 0.29) is 18.6 Å². The van der Waals surface area contributed by atoms with Gasteiger partial charge in [-0.05, 0) is 31.0 Å². The fraction of sp³-hybridized carbons (Fsp3) is 0.529. The summed E-state index contributed by atoms with van der Waals surface area (Å²) >= 11 is 0. The molecule has 1 aromatic rings. The summed E-state index contributed by atoms with van der Waals surface area (Å²) in [6.07, 6.45) is 5.59. The predicted octanol–water partition coefficient (Wildman–Crippen LogP) is 2.36. The molecule has 120 valence electrons. The van der Waals surface area contributed by atoms with Crippen LogP contribution in [0.1, 0.15) is 42.5 Å². The summed E-state index contributed by atoms with van der Waals surface area (Å²) in [5, 5.41) is 2.93. The number of hydrogen-bond donors (Lipinski definition) is 1. The Hall–Kier alpha value is -2.04. The van der Waals surface area contributed by atoms with E-state index in [1.807, 2.05) is 25.1 Å². The SMILES string of the molecule is CN(C)c1cccc(C(=O)OCC(=O)NC2CCCCC2)c1. The molecule has 1 aromatic carbocycles. The lowest BCUT2D eigenvalue weighted by Gasteiger charge is -2.22. The lowest BCUT2D eigenvalue weighted by Crippen LogP contribution is -2.38. The van der Waals surface area contributed by atoms with E-state index in [4.69, 9.17) is 4.74 Å². The summed E-state index contributed by atoms with van der Waals surface area (Å²) in [4.78, 5) is 25.7. The van der Waals surface area contributed by atoms with Crippen molar-refractivity contribution in [2.45, 2.75) is 38.1 Å². The maximum Gasteiger partial charge on any atom is 0.338 e. The molecule has 5 nitrogen and oxygen atoms in total. The van der Waals surface area contributed by atoms with Crippen LogP contribution in [-0.4, -0.2) is 38.6 Å². The third-order valence-electron chi connectivity index (χ3n) is 3.90. The number of benzene rings is 1. The highest BCUT2D eigenvalue weighted by molar-refractivity contribution is 5.92. The second-order valence-electron chi connectivity index (χ2n) is 5.92. The molecule has 1 fully saturated rings. The van der Waals surface area contributed by atoms with Gasteiger partial charge in [-0.2, -0.15) is 0 Å². The number of amides is 1. The number of carbonyl (C=O) groups is 2. The maximum absolute atomic E-state index is 12.0. The smallest absolute Gasteiger partial charge is 0.338 e. The van der Waals surface area contributed by atoms with Gasteiger partial charge in [0.25, 0.3) is 5.91 Å². The van der Waals surface area contributed by atoms with E-state index in [2.05, 4.69) is 5.32 Å². The summed E-state index contributed by atoms with van der Waals surface area (Å²) in [7, 11) is 3.81. The van der Waals surface area contributed by atoms with Crippen molar-refractivity contribution in [3.63, 3.8) is 0 Å². The molecule has 1 amide bonds. The fourth-order valence-electron chi connectivity index (χ4n) is 2.64. The van der Waals surface area contributed by atoms with Crippen LogP contribution in [-0.2, 0) is 9.53 Å². The normalized spacial score (nSPS) is 15.2. The van der Waals surface area contributed by atoms with Crippen LogP contribution in [0.3, 0.4) is 0 Å². The Kier molecular flexibility index (Phi) is 5.81. The summed E-state index contributed by atoms with van der Waals surface area (Å²) in [5.74, 6) is -0.688. The zero-order chi connectivity index (χ0) is 15.9. The molecule has 0 aliphatic heterocycles. The lowest BCUT2D eigenvalue weighted by molar-refractivity contribution is -0.125. The Bertz CT molecular complexity index is 522. The average molecular weight is 304 g/mol. The summed E-state index contributed by atoms with van der Waals surface area (Å²) in [6.45, 7) is -0.221. The van der Waals surface area contributed by atoms with E-state index < -0.39 is 5.97 Å². The Morgan fingerprint density at radius 1 is 1.23 bits per heavy atom. The average Bonchev–Trinajstić information content (AvgIpc) is 2.53. The summed E-state index contributed by atoms with van der Waals surface area (Å²) in [5.41, 5.74) is 1.37. The van der Waals surface area contributed by atoms with Crippen molar-refractivity contribution < 1.29 is 14.3 Å². The van der Waals surface area contributed by atoms with E-state index in [0.717, 1.165) is 31.4 Å². The van der Waals surface area contributed by atoms with Gasteiger partial charge in [-0.1, -0.05) is 25.3 Å². The molecular weight excluding hydrogens is 280 g/mol. The zero-order valence-corrected chi connectivity index (χ0v) is 13.3. The Labute approximate surface area is 131 Å². The van der Waals surface area contributed by atoms with Crippen molar-refractivity contribution in [2.75, 3.05) is 25.6 Å². The molecule has 0 atom stereocenters. The molecule has 1 N–H and O–H groups in total. The van der Waals surface area contributed by atoms with Gasteiger partial charge in [-0.15, -0.1) is 0 Å². The van der Waals surface area contributed by atoms with Gasteiger partial charge in [0.15, 0.2) is 6.61 Å². The van der Waals surface area contributed by atoms with Crippen LogP contribution in [0.15, 0.2) is 24.3 Å². The van der Waals surface area contributed by atoms with Crippen molar-refractivity contribution >= 4 is 17.6 Å². The van der Waals surface area contributed by atoms with Gasteiger partial charge in [-0.3, -0.25) is 4.79 Å². The molecule has 0 heterocycles. The topological polar surface area (TPSA) is 58.6 Å². The van der Waals surface area contributed by atoms with Gasteiger partial charge in [0.2, 0.25) is 0 Å². The van der Waals surface area contributed by atoms with Crippen molar-refractivity contribution in [3.8, 4) is 0 Å².